The van der Waals surface area contributed by atoms with Gasteiger partial charge in [0.1, 0.15) is 5.69 Å². The number of amides is 1. The van der Waals surface area contributed by atoms with Crippen molar-refractivity contribution in [2.24, 2.45) is 5.10 Å². The maximum Gasteiger partial charge on any atom is 0.289 e. The Morgan fingerprint density at radius 1 is 1.07 bits per heavy atom. The molecule has 0 saturated carbocycles. The number of hydrogen-bond donors (Lipinski definition) is 2. The second-order valence-electron chi connectivity index (χ2n) is 7.33. The van der Waals surface area contributed by atoms with E-state index in [4.69, 9.17) is 0 Å². The minimum Gasteiger partial charge on any atom is -0.272 e. The summed E-state index contributed by atoms with van der Waals surface area (Å²) in [6, 6.07) is 20.3. The molecule has 5 rings (SSSR count). The van der Waals surface area contributed by atoms with Gasteiger partial charge in [-0.2, -0.15) is 10.2 Å². The minimum atomic E-state index is -0.320. The predicted octanol–water partition coefficient (Wildman–Crippen LogP) is 4.40. The van der Waals surface area contributed by atoms with Gasteiger partial charge in [-0.25, -0.2) is 5.43 Å². The third kappa shape index (κ3) is 3.10. The lowest BCUT2D eigenvalue weighted by atomic mass is 9.98. The number of aromatic nitrogens is 2. The molecule has 0 fully saturated rings. The molecule has 1 heterocycles. The van der Waals surface area contributed by atoms with Gasteiger partial charge in [-0.3, -0.25) is 9.89 Å². The monoisotopic (exact) mass is 380 g/mol. The molecule has 29 heavy (non-hydrogen) atoms. The number of hydrogen-bond acceptors (Lipinski definition) is 3. The highest BCUT2D eigenvalue weighted by Gasteiger charge is 2.18. The van der Waals surface area contributed by atoms with Crippen molar-refractivity contribution < 1.29 is 4.79 Å². The Bertz CT molecular complexity index is 1260. The Labute approximate surface area is 168 Å². The summed E-state index contributed by atoms with van der Waals surface area (Å²) in [6.07, 6.45) is 3.82. The Balaban J connectivity index is 1.40. The van der Waals surface area contributed by atoms with Crippen LogP contribution in [0.2, 0.25) is 0 Å². The first-order chi connectivity index (χ1) is 14.2. The van der Waals surface area contributed by atoms with Crippen molar-refractivity contribution in [3.05, 3.63) is 88.6 Å². The van der Waals surface area contributed by atoms with Gasteiger partial charge in [0, 0.05) is 5.56 Å². The molecule has 0 aliphatic heterocycles. The number of carbonyl (C=O) groups is 1. The highest BCUT2D eigenvalue weighted by molar-refractivity contribution is 6.02. The van der Waals surface area contributed by atoms with Crippen LogP contribution in [0.3, 0.4) is 0 Å². The predicted molar refractivity (Wildman–Crippen MR) is 115 cm³/mol. The summed E-state index contributed by atoms with van der Waals surface area (Å²) in [4.78, 5) is 12.5. The minimum absolute atomic E-state index is 0.320. The standard InChI is InChI=1S/C24H20N4O/c1-15-5-2-3-6-18(15)14-25-28-24(29)22-13-21(26-27-22)19-12-11-17-10-9-16-7-4-8-20(19)23(16)17/h2-8,11-14H,9-10H2,1H3,(H,26,27)(H,28,29)/b25-14-. The first-order valence-corrected chi connectivity index (χ1v) is 9.69. The third-order valence-corrected chi connectivity index (χ3v) is 5.53. The van der Waals surface area contributed by atoms with E-state index in [1.807, 2.05) is 31.2 Å². The van der Waals surface area contributed by atoms with Crippen LogP contribution in [-0.2, 0) is 12.8 Å². The number of nitrogens with one attached hydrogen (secondary N) is 2. The first-order valence-electron chi connectivity index (χ1n) is 9.69. The van der Waals surface area contributed by atoms with E-state index in [-0.39, 0.29) is 5.91 Å². The molecule has 142 valence electrons. The summed E-state index contributed by atoms with van der Waals surface area (Å²) in [5.74, 6) is -0.320. The van der Waals surface area contributed by atoms with Crippen molar-refractivity contribution in [3.8, 4) is 11.3 Å². The van der Waals surface area contributed by atoms with Crippen molar-refractivity contribution in [1.29, 1.82) is 0 Å². The Morgan fingerprint density at radius 3 is 2.76 bits per heavy atom. The number of aryl methyl sites for hydroxylation is 3. The van der Waals surface area contributed by atoms with Crippen LogP contribution in [0.25, 0.3) is 22.0 Å². The van der Waals surface area contributed by atoms with Crippen molar-refractivity contribution in [2.45, 2.75) is 19.8 Å². The number of nitrogens with zero attached hydrogens (tertiary/aromatic N) is 2. The van der Waals surface area contributed by atoms with Crippen LogP contribution in [-0.4, -0.2) is 22.3 Å². The molecule has 1 aliphatic rings. The summed E-state index contributed by atoms with van der Waals surface area (Å²) in [7, 11) is 0. The molecule has 0 atom stereocenters. The van der Waals surface area contributed by atoms with Crippen molar-refractivity contribution in [1.82, 2.24) is 15.6 Å². The van der Waals surface area contributed by atoms with E-state index in [2.05, 4.69) is 51.1 Å². The molecule has 4 aromatic rings. The average molecular weight is 380 g/mol. The average Bonchev–Trinajstić information content (AvgIpc) is 3.39. The molecule has 1 amide bonds. The van der Waals surface area contributed by atoms with Gasteiger partial charge < -0.3 is 0 Å². The fourth-order valence-electron chi connectivity index (χ4n) is 4.00. The molecule has 0 bridgehead atoms. The summed E-state index contributed by atoms with van der Waals surface area (Å²) in [6.45, 7) is 2.00. The van der Waals surface area contributed by atoms with Crippen molar-refractivity contribution in [3.63, 3.8) is 0 Å². The number of rotatable bonds is 4. The third-order valence-electron chi connectivity index (χ3n) is 5.53. The second-order valence-corrected chi connectivity index (χ2v) is 7.33. The summed E-state index contributed by atoms with van der Waals surface area (Å²) < 4.78 is 0. The van der Waals surface area contributed by atoms with Gasteiger partial charge in [-0.05, 0) is 58.9 Å². The molecule has 0 spiro atoms. The molecule has 5 nitrogen and oxygen atoms in total. The summed E-state index contributed by atoms with van der Waals surface area (Å²) >= 11 is 0. The van der Waals surface area contributed by atoms with E-state index < -0.39 is 0 Å². The SMILES string of the molecule is Cc1ccccc1/C=N\NC(=O)c1cc(-c2ccc3c4c(cccc24)CC3)n[nH]1. The smallest absolute Gasteiger partial charge is 0.272 e. The number of H-pyrrole nitrogens is 1. The van der Waals surface area contributed by atoms with E-state index in [0.717, 1.165) is 35.2 Å². The van der Waals surface area contributed by atoms with Crippen LogP contribution in [0.15, 0.2) is 65.8 Å². The van der Waals surface area contributed by atoms with Crippen LogP contribution in [0.1, 0.15) is 32.7 Å². The largest absolute Gasteiger partial charge is 0.289 e. The number of carbonyl (C=O) groups excluding carboxylic acids is 1. The van der Waals surface area contributed by atoms with Gasteiger partial charge in [0.25, 0.3) is 5.91 Å². The van der Waals surface area contributed by atoms with Gasteiger partial charge >= 0.3 is 0 Å². The van der Waals surface area contributed by atoms with Gasteiger partial charge in [0.2, 0.25) is 0 Å². The Hall–Kier alpha value is -3.73. The lowest BCUT2D eigenvalue weighted by Crippen LogP contribution is -2.18. The molecule has 0 unspecified atom stereocenters. The van der Waals surface area contributed by atoms with E-state index in [0.29, 0.717) is 5.69 Å². The number of benzene rings is 3. The van der Waals surface area contributed by atoms with Crippen LogP contribution >= 0.6 is 0 Å². The highest BCUT2D eigenvalue weighted by atomic mass is 16.2. The number of aromatic amines is 1. The van der Waals surface area contributed by atoms with Gasteiger partial charge in [0.15, 0.2) is 0 Å². The number of hydrazone groups is 1. The van der Waals surface area contributed by atoms with E-state index in [9.17, 15) is 4.79 Å². The lowest BCUT2D eigenvalue weighted by Gasteiger charge is -2.06. The maximum atomic E-state index is 12.5. The molecule has 3 aromatic carbocycles. The lowest BCUT2D eigenvalue weighted by molar-refractivity contribution is 0.0950. The normalized spacial score (nSPS) is 12.7. The van der Waals surface area contributed by atoms with Gasteiger partial charge in [-0.1, -0.05) is 54.6 Å². The topological polar surface area (TPSA) is 70.1 Å². The molecule has 2 N–H and O–H groups in total. The Morgan fingerprint density at radius 2 is 1.90 bits per heavy atom. The highest BCUT2D eigenvalue weighted by Crippen LogP contribution is 2.36. The Kier molecular flexibility index (Phi) is 4.21. The summed E-state index contributed by atoms with van der Waals surface area (Å²) in [5.41, 5.74) is 9.57. The molecule has 5 heteroatoms. The van der Waals surface area contributed by atoms with Crippen molar-refractivity contribution >= 4 is 22.9 Å². The first kappa shape index (κ1) is 17.4. The molecular formula is C24H20N4O. The zero-order valence-electron chi connectivity index (χ0n) is 16.1. The summed E-state index contributed by atoms with van der Waals surface area (Å²) in [5, 5.41) is 13.8. The zero-order chi connectivity index (χ0) is 19.8. The van der Waals surface area contributed by atoms with Crippen molar-refractivity contribution in [2.75, 3.05) is 0 Å². The fourth-order valence-corrected chi connectivity index (χ4v) is 4.00. The molecule has 1 aliphatic carbocycles. The van der Waals surface area contributed by atoms with Gasteiger partial charge in [0.05, 0.1) is 11.9 Å². The second kappa shape index (κ2) is 7.02. The van der Waals surface area contributed by atoms with Crippen LogP contribution < -0.4 is 5.43 Å². The molecule has 0 radical (unpaired) electrons. The van der Waals surface area contributed by atoms with E-state index in [1.165, 1.54) is 21.9 Å². The van der Waals surface area contributed by atoms with Crippen LogP contribution in [0, 0.1) is 6.92 Å². The fraction of sp³-hybridized carbons (Fsp3) is 0.125. The molecular weight excluding hydrogens is 360 g/mol. The van der Waals surface area contributed by atoms with E-state index >= 15 is 0 Å². The quantitative estimate of drug-likeness (QED) is 0.407. The molecule has 1 aromatic heterocycles. The molecule has 0 saturated heterocycles. The van der Waals surface area contributed by atoms with Crippen LogP contribution in [0.4, 0.5) is 0 Å². The van der Waals surface area contributed by atoms with E-state index in [1.54, 1.807) is 12.3 Å². The van der Waals surface area contributed by atoms with Crippen LogP contribution in [0.5, 0.6) is 0 Å². The van der Waals surface area contributed by atoms with Gasteiger partial charge in [-0.15, -0.1) is 0 Å². The maximum absolute atomic E-state index is 12.5. The zero-order valence-corrected chi connectivity index (χ0v) is 16.1.